The Kier molecular flexibility index (Phi) is 9.65. The van der Waals surface area contributed by atoms with Crippen LogP contribution in [0.15, 0.2) is 99.6 Å². The maximum atomic E-state index is 13.1. The summed E-state index contributed by atoms with van der Waals surface area (Å²) in [5, 5.41) is 0. The van der Waals surface area contributed by atoms with Crippen molar-refractivity contribution < 1.29 is 9.53 Å². The van der Waals surface area contributed by atoms with Gasteiger partial charge in [-0.2, -0.15) is 0 Å². The summed E-state index contributed by atoms with van der Waals surface area (Å²) in [5.74, 6) is 0.220. The summed E-state index contributed by atoms with van der Waals surface area (Å²) in [7, 11) is -0.233. The molecule has 4 aromatic carbocycles. The number of ether oxygens (including phenoxy) is 1. The van der Waals surface area contributed by atoms with Crippen LogP contribution in [0, 0.1) is 17.9 Å². The first-order valence-electron chi connectivity index (χ1n) is 9.56. The molecule has 166 valence electrons. The molecule has 33 heavy (non-hydrogen) atoms. The smallest absolute Gasteiger partial charge is 0.345 e. The standard InChI is InChI=1S/C25H14I5O2S/c26-20-19(21(27)23(29)24(30)22(20)28)25(31)32-15-11-13-18(14-12-15)33(16-7-3-1-4-8-16)17-9-5-2-6-10-17/h1-14H/q+1. The van der Waals surface area contributed by atoms with Crippen LogP contribution in [0.25, 0.3) is 0 Å². The van der Waals surface area contributed by atoms with Crippen molar-refractivity contribution in [3.8, 4) is 5.75 Å². The van der Waals surface area contributed by atoms with Gasteiger partial charge in [-0.15, -0.1) is 0 Å². The van der Waals surface area contributed by atoms with E-state index in [0.717, 1.165) is 17.9 Å². The van der Waals surface area contributed by atoms with Gasteiger partial charge >= 0.3 is 5.97 Å². The van der Waals surface area contributed by atoms with Crippen molar-refractivity contribution in [2.75, 3.05) is 0 Å². The minimum absolute atomic E-state index is 0.233. The van der Waals surface area contributed by atoms with Gasteiger partial charge in [-0.1, -0.05) is 36.4 Å². The van der Waals surface area contributed by atoms with Crippen LogP contribution in [0.5, 0.6) is 5.75 Å². The van der Waals surface area contributed by atoms with Crippen LogP contribution < -0.4 is 4.74 Å². The van der Waals surface area contributed by atoms with E-state index in [0.29, 0.717) is 11.3 Å². The maximum absolute atomic E-state index is 13.1. The molecular formula is C25H14I5O2S+. The van der Waals surface area contributed by atoms with E-state index in [9.17, 15) is 4.79 Å². The fraction of sp³-hybridized carbons (Fsp3) is 0. The van der Waals surface area contributed by atoms with Gasteiger partial charge in [-0.3, -0.25) is 0 Å². The normalized spacial score (nSPS) is 11.0. The second-order valence-corrected chi connectivity index (χ2v) is 14.2. The first-order chi connectivity index (χ1) is 15.9. The predicted octanol–water partition coefficient (Wildman–Crippen LogP) is 9.02. The van der Waals surface area contributed by atoms with Crippen molar-refractivity contribution in [1.82, 2.24) is 0 Å². The third kappa shape index (κ3) is 6.02. The van der Waals surface area contributed by atoms with Crippen LogP contribution in [0.2, 0.25) is 0 Å². The van der Waals surface area contributed by atoms with Crippen molar-refractivity contribution in [2.45, 2.75) is 14.7 Å². The molecule has 0 heterocycles. The van der Waals surface area contributed by atoms with Gasteiger partial charge in [0, 0.05) is 17.9 Å². The molecule has 0 saturated carbocycles. The van der Waals surface area contributed by atoms with Crippen LogP contribution in [-0.4, -0.2) is 5.97 Å². The van der Waals surface area contributed by atoms with Crippen molar-refractivity contribution in [1.29, 1.82) is 0 Å². The molecular weight excluding hydrogens is 999 g/mol. The van der Waals surface area contributed by atoms with Crippen LogP contribution in [0.4, 0.5) is 0 Å². The minimum Gasteiger partial charge on any atom is -0.423 e. The third-order valence-corrected chi connectivity index (χ3v) is 16.4. The number of hydrogen-bond acceptors (Lipinski definition) is 2. The largest absolute Gasteiger partial charge is 0.423 e. The Morgan fingerprint density at radius 3 is 1.39 bits per heavy atom. The summed E-state index contributed by atoms with van der Waals surface area (Å²) in [6.45, 7) is 0. The Bertz CT molecular complexity index is 1230. The molecule has 2 nitrogen and oxygen atoms in total. The molecule has 4 aromatic rings. The van der Waals surface area contributed by atoms with Crippen molar-refractivity contribution in [3.05, 3.63) is 108 Å². The number of esters is 1. The van der Waals surface area contributed by atoms with Crippen LogP contribution >= 0.6 is 113 Å². The van der Waals surface area contributed by atoms with E-state index in [-0.39, 0.29) is 16.9 Å². The van der Waals surface area contributed by atoms with Crippen LogP contribution in [0.3, 0.4) is 0 Å². The first kappa shape index (κ1) is 26.4. The summed E-state index contributed by atoms with van der Waals surface area (Å²) < 4.78 is 11.0. The second kappa shape index (κ2) is 12.1. The Labute approximate surface area is 264 Å². The fourth-order valence-electron chi connectivity index (χ4n) is 3.11. The van der Waals surface area contributed by atoms with Gasteiger partial charge in [-0.25, -0.2) is 4.79 Å². The first-order valence-corrected chi connectivity index (χ1v) is 16.2. The van der Waals surface area contributed by atoms with E-state index in [1.807, 2.05) is 24.3 Å². The maximum Gasteiger partial charge on any atom is 0.345 e. The molecule has 0 atom stereocenters. The molecule has 0 radical (unpaired) electrons. The van der Waals surface area contributed by atoms with Crippen molar-refractivity contribution in [2.24, 2.45) is 0 Å². The molecule has 0 aromatic heterocycles. The molecule has 0 aliphatic carbocycles. The lowest BCUT2D eigenvalue weighted by Gasteiger charge is -2.13. The summed E-state index contributed by atoms with van der Waals surface area (Å²) in [5.41, 5.74) is 0.628. The number of carbonyl (C=O) groups is 1. The topological polar surface area (TPSA) is 26.3 Å². The molecule has 0 spiro atoms. The third-order valence-electron chi connectivity index (χ3n) is 4.64. The van der Waals surface area contributed by atoms with Gasteiger partial charge in [0.1, 0.15) is 5.75 Å². The molecule has 0 aliphatic heterocycles. The molecule has 0 fully saturated rings. The van der Waals surface area contributed by atoms with E-state index in [4.69, 9.17) is 4.74 Å². The van der Waals surface area contributed by atoms with Crippen LogP contribution in [0.1, 0.15) is 10.4 Å². The van der Waals surface area contributed by atoms with E-state index in [1.165, 1.54) is 14.7 Å². The fourth-order valence-corrected chi connectivity index (χ4v) is 10.4. The lowest BCUT2D eigenvalue weighted by molar-refractivity contribution is 0.0732. The zero-order valence-corrected chi connectivity index (χ0v) is 28.3. The SMILES string of the molecule is O=C(Oc1ccc([S+](c2ccccc2)c2ccccc2)cc1)c1c(I)c(I)c(I)c(I)c1I. The average molecular weight is 1010 g/mol. The highest BCUT2D eigenvalue weighted by atomic mass is 127. The zero-order chi connectivity index (χ0) is 23.5. The van der Waals surface area contributed by atoms with Gasteiger partial charge in [-0.05, 0) is 161 Å². The van der Waals surface area contributed by atoms with Gasteiger partial charge in [0.05, 0.1) is 16.5 Å². The average Bonchev–Trinajstić information content (AvgIpc) is 2.84. The van der Waals surface area contributed by atoms with E-state index in [1.54, 1.807) is 0 Å². The Hall–Kier alpha value is 0.350. The molecule has 8 heteroatoms. The monoisotopic (exact) mass is 1010 g/mol. The van der Waals surface area contributed by atoms with Gasteiger partial charge in [0.15, 0.2) is 14.7 Å². The molecule has 4 rings (SSSR count). The highest BCUT2D eigenvalue weighted by Crippen LogP contribution is 2.35. The summed E-state index contributed by atoms with van der Waals surface area (Å²) in [6.07, 6.45) is 0. The number of hydrogen-bond donors (Lipinski definition) is 0. The quantitative estimate of drug-likeness (QED) is 0.0499. The van der Waals surface area contributed by atoms with E-state index < -0.39 is 0 Å². The summed E-state index contributed by atoms with van der Waals surface area (Å²) in [4.78, 5) is 16.8. The molecule has 0 aliphatic rings. The number of halogens is 5. The number of benzene rings is 4. The molecule has 0 amide bonds. The van der Waals surface area contributed by atoms with Crippen molar-refractivity contribution >= 4 is 130 Å². The van der Waals surface area contributed by atoms with Gasteiger partial charge < -0.3 is 4.74 Å². The lowest BCUT2D eigenvalue weighted by atomic mass is 10.2. The Morgan fingerprint density at radius 1 is 0.545 bits per heavy atom. The van der Waals surface area contributed by atoms with Gasteiger partial charge in [0.2, 0.25) is 0 Å². The van der Waals surface area contributed by atoms with Gasteiger partial charge in [0.25, 0.3) is 0 Å². The summed E-state index contributed by atoms with van der Waals surface area (Å²) >= 11 is 11.4. The highest BCUT2D eigenvalue weighted by Gasteiger charge is 2.29. The Balaban J connectivity index is 1.64. The Morgan fingerprint density at radius 2 is 0.939 bits per heavy atom. The predicted molar refractivity (Wildman–Crippen MR) is 176 cm³/mol. The van der Waals surface area contributed by atoms with Crippen LogP contribution in [-0.2, 0) is 10.9 Å². The molecule has 0 bridgehead atoms. The van der Waals surface area contributed by atoms with Crippen molar-refractivity contribution in [3.63, 3.8) is 0 Å². The molecule has 0 saturated heterocycles. The lowest BCUT2D eigenvalue weighted by Crippen LogP contribution is -2.15. The van der Waals surface area contributed by atoms with E-state index in [2.05, 4.69) is 174 Å². The number of carbonyl (C=O) groups excluding carboxylic acids is 1. The summed E-state index contributed by atoms with van der Waals surface area (Å²) in [6, 6.07) is 28.9. The molecule has 0 unspecified atom stereocenters. The molecule has 0 N–H and O–H groups in total. The zero-order valence-electron chi connectivity index (χ0n) is 16.7. The second-order valence-electron chi connectivity index (χ2n) is 6.74. The number of rotatable bonds is 5. The van der Waals surface area contributed by atoms with E-state index >= 15 is 0 Å². The highest BCUT2D eigenvalue weighted by molar-refractivity contribution is 14.1. The minimum atomic E-state index is -0.325.